The Morgan fingerprint density at radius 1 is 1.44 bits per heavy atom. The maximum absolute atomic E-state index is 11.8. The summed E-state index contributed by atoms with van der Waals surface area (Å²) in [5, 5.41) is 5.99. The Hall–Kier alpha value is -1.10. The van der Waals surface area contributed by atoms with Gasteiger partial charge < -0.3 is 15.5 Å². The third-order valence-corrected chi connectivity index (χ3v) is 2.91. The second-order valence-electron chi connectivity index (χ2n) is 4.58. The van der Waals surface area contributed by atoms with Crippen molar-refractivity contribution in [1.82, 2.24) is 15.5 Å². The number of nitrogens with zero attached hydrogens (tertiary/aromatic N) is 1. The summed E-state index contributed by atoms with van der Waals surface area (Å²) in [6.45, 7) is 3.05. The largest absolute Gasteiger partial charge is 0.347 e. The number of hydrogen-bond acceptors (Lipinski definition) is 3. The summed E-state index contributed by atoms with van der Waals surface area (Å²) in [6, 6.07) is 0.383. The van der Waals surface area contributed by atoms with E-state index in [0.717, 1.165) is 19.4 Å². The Balaban J connectivity index is 2.32. The van der Waals surface area contributed by atoms with E-state index in [-0.39, 0.29) is 24.3 Å². The van der Waals surface area contributed by atoms with Gasteiger partial charge in [0.1, 0.15) is 0 Å². The fourth-order valence-electron chi connectivity index (χ4n) is 1.84. The molecule has 0 saturated carbocycles. The molecule has 0 aromatic rings. The Morgan fingerprint density at radius 2 is 2.12 bits per heavy atom. The van der Waals surface area contributed by atoms with Crippen molar-refractivity contribution in [2.45, 2.75) is 25.8 Å². The molecule has 2 amide bonds. The van der Waals surface area contributed by atoms with E-state index in [9.17, 15) is 9.59 Å². The zero-order valence-electron chi connectivity index (χ0n) is 10.2. The van der Waals surface area contributed by atoms with Crippen LogP contribution in [0.2, 0.25) is 0 Å². The number of piperidine rings is 1. The van der Waals surface area contributed by atoms with E-state index in [4.69, 9.17) is 0 Å². The molecule has 0 radical (unpaired) electrons. The molecule has 0 aliphatic carbocycles. The van der Waals surface area contributed by atoms with E-state index < -0.39 is 0 Å². The molecule has 0 spiro atoms. The van der Waals surface area contributed by atoms with Crippen LogP contribution < -0.4 is 10.6 Å². The van der Waals surface area contributed by atoms with Crippen molar-refractivity contribution in [3.8, 4) is 0 Å². The van der Waals surface area contributed by atoms with Crippen LogP contribution in [0.4, 0.5) is 0 Å². The first kappa shape index (κ1) is 13.0. The molecule has 2 unspecified atom stereocenters. The fourth-order valence-corrected chi connectivity index (χ4v) is 1.84. The van der Waals surface area contributed by atoms with Gasteiger partial charge in [-0.05, 0) is 26.3 Å². The van der Waals surface area contributed by atoms with Gasteiger partial charge in [-0.3, -0.25) is 9.59 Å². The molecule has 0 aromatic carbocycles. The quantitative estimate of drug-likeness (QED) is 0.688. The SMILES string of the molecule is CC1CC(C(=O)NCC(=O)N(C)C)CCN1. The molecule has 2 atom stereocenters. The van der Waals surface area contributed by atoms with Crippen LogP contribution in [0, 0.1) is 5.92 Å². The van der Waals surface area contributed by atoms with E-state index in [0.29, 0.717) is 6.04 Å². The molecule has 1 saturated heterocycles. The molecule has 1 aliphatic rings. The highest BCUT2D eigenvalue weighted by Gasteiger charge is 2.24. The fraction of sp³-hybridized carbons (Fsp3) is 0.818. The van der Waals surface area contributed by atoms with Gasteiger partial charge >= 0.3 is 0 Å². The van der Waals surface area contributed by atoms with Gasteiger partial charge in [-0.1, -0.05) is 0 Å². The minimum Gasteiger partial charge on any atom is -0.347 e. The number of rotatable bonds is 3. The Kier molecular flexibility index (Phi) is 4.73. The van der Waals surface area contributed by atoms with E-state index in [2.05, 4.69) is 17.6 Å². The molecule has 1 rings (SSSR count). The molecule has 0 aromatic heterocycles. The van der Waals surface area contributed by atoms with Crippen LogP contribution in [0.5, 0.6) is 0 Å². The first-order chi connectivity index (χ1) is 7.50. The van der Waals surface area contributed by atoms with Gasteiger partial charge in [-0.15, -0.1) is 0 Å². The lowest BCUT2D eigenvalue weighted by atomic mass is 9.92. The second-order valence-corrected chi connectivity index (χ2v) is 4.58. The maximum Gasteiger partial charge on any atom is 0.241 e. The minimum atomic E-state index is -0.0738. The summed E-state index contributed by atoms with van der Waals surface area (Å²) in [5.41, 5.74) is 0. The second kappa shape index (κ2) is 5.84. The van der Waals surface area contributed by atoms with E-state index in [1.165, 1.54) is 4.90 Å². The van der Waals surface area contributed by atoms with Crippen LogP contribution in [0.15, 0.2) is 0 Å². The summed E-state index contributed by atoms with van der Waals surface area (Å²) in [5.74, 6) is -0.0231. The van der Waals surface area contributed by atoms with Crippen LogP contribution in [-0.2, 0) is 9.59 Å². The van der Waals surface area contributed by atoms with Gasteiger partial charge in [0.2, 0.25) is 11.8 Å². The molecule has 16 heavy (non-hydrogen) atoms. The molecule has 92 valence electrons. The number of hydrogen-bond donors (Lipinski definition) is 2. The molecule has 0 bridgehead atoms. The van der Waals surface area contributed by atoms with Crippen LogP contribution in [0.3, 0.4) is 0 Å². The monoisotopic (exact) mass is 227 g/mol. The number of nitrogens with one attached hydrogen (secondary N) is 2. The highest BCUT2D eigenvalue weighted by molar-refractivity contribution is 5.85. The van der Waals surface area contributed by atoms with Gasteiger partial charge in [-0.2, -0.15) is 0 Å². The van der Waals surface area contributed by atoms with Crippen molar-refractivity contribution in [1.29, 1.82) is 0 Å². The average molecular weight is 227 g/mol. The zero-order chi connectivity index (χ0) is 12.1. The number of amides is 2. The molecule has 5 heteroatoms. The van der Waals surface area contributed by atoms with Gasteiger partial charge in [0.25, 0.3) is 0 Å². The summed E-state index contributed by atoms with van der Waals surface area (Å²) < 4.78 is 0. The molecule has 2 N–H and O–H groups in total. The topological polar surface area (TPSA) is 61.4 Å². The number of likely N-dealkylation sites (N-methyl/N-ethyl adjacent to an activating group) is 1. The van der Waals surface area contributed by atoms with E-state index in [1.807, 2.05) is 0 Å². The predicted molar refractivity (Wildman–Crippen MR) is 61.9 cm³/mol. The van der Waals surface area contributed by atoms with Gasteiger partial charge in [-0.25, -0.2) is 0 Å². The van der Waals surface area contributed by atoms with E-state index in [1.54, 1.807) is 14.1 Å². The van der Waals surface area contributed by atoms with Crippen LogP contribution in [0.1, 0.15) is 19.8 Å². The molecular weight excluding hydrogens is 206 g/mol. The normalized spacial score (nSPS) is 24.9. The lowest BCUT2D eigenvalue weighted by Gasteiger charge is -2.27. The predicted octanol–water partition coefficient (Wildman–Crippen LogP) is -0.421. The summed E-state index contributed by atoms with van der Waals surface area (Å²) in [7, 11) is 3.36. The maximum atomic E-state index is 11.8. The smallest absolute Gasteiger partial charge is 0.241 e. The van der Waals surface area contributed by atoms with E-state index >= 15 is 0 Å². The van der Waals surface area contributed by atoms with Crippen molar-refractivity contribution < 1.29 is 9.59 Å². The third-order valence-electron chi connectivity index (χ3n) is 2.91. The highest BCUT2D eigenvalue weighted by atomic mass is 16.2. The Morgan fingerprint density at radius 3 is 2.69 bits per heavy atom. The molecule has 1 heterocycles. The number of carbonyl (C=O) groups is 2. The van der Waals surface area contributed by atoms with Crippen LogP contribution in [0.25, 0.3) is 0 Å². The first-order valence-electron chi connectivity index (χ1n) is 5.72. The summed E-state index contributed by atoms with van der Waals surface area (Å²) >= 11 is 0. The van der Waals surface area contributed by atoms with Crippen molar-refractivity contribution in [2.24, 2.45) is 5.92 Å². The zero-order valence-corrected chi connectivity index (χ0v) is 10.2. The van der Waals surface area contributed by atoms with Gasteiger partial charge in [0.05, 0.1) is 6.54 Å². The lowest BCUT2D eigenvalue weighted by Crippen LogP contribution is -2.44. The minimum absolute atomic E-state index is 0.00329. The molecule has 5 nitrogen and oxygen atoms in total. The van der Waals surface area contributed by atoms with Crippen molar-refractivity contribution >= 4 is 11.8 Å². The van der Waals surface area contributed by atoms with Crippen molar-refractivity contribution in [2.75, 3.05) is 27.2 Å². The summed E-state index contributed by atoms with van der Waals surface area (Å²) in [4.78, 5) is 24.5. The number of carbonyl (C=O) groups excluding carboxylic acids is 2. The van der Waals surface area contributed by atoms with Crippen molar-refractivity contribution in [3.63, 3.8) is 0 Å². The first-order valence-corrected chi connectivity index (χ1v) is 5.72. The van der Waals surface area contributed by atoms with Crippen LogP contribution >= 0.6 is 0 Å². The lowest BCUT2D eigenvalue weighted by molar-refractivity contribution is -0.132. The molecular formula is C11H21N3O2. The molecule has 1 aliphatic heterocycles. The Bertz CT molecular complexity index is 266. The van der Waals surface area contributed by atoms with Crippen molar-refractivity contribution in [3.05, 3.63) is 0 Å². The highest BCUT2D eigenvalue weighted by Crippen LogP contribution is 2.15. The van der Waals surface area contributed by atoms with Crippen LogP contribution in [-0.4, -0.2) is 49.9 Å². The standard InChI is InChI=1S/C11H21N3O2/c1-8-6-9(4-5-12-8)11(16)13-7-10(15)14(2)3/h8-9,12H,4-7H2,1-3H3,(H,13,16). The molecule has 1 fully saturated rings. The van der Waals surface area contributed by atoms with Gasteiger partial charge in [0, 0.05) is 26.1 Å². The third kappa shape index (κ3) is 3.81. The van der Waals surface area contributed by atoms with Gasteiger partial charge in [0.15, 0.2) is 0 Å². The summed E-state index contributed by atoms with van der Waals surface area (Å²) in [6.07, 6.45) is 1.70. The average Bonchev–Trinajstić information content (AvgIpc) is 2.25. The Labute approximate surface area is 96.6 Å².